The molecule has 0 N–H and O–H groups in total. The molecular weight excluding hydrogens is 324 g/mol. The molecule has 0 aromatic heterocycles. The highest BCUT2D eigenvalue weighted by molar-refractivity contribution is 7.89. The number of hydrogen-bond donors (Lipinski definition) is 0. The fourth-order valence-electron chi connectivity index (χ4n) is 3.35. The Morgan fingerprint density at radius 2 is 2.00 bits per heavy atom. The summed E-state index contributed by atoms with van der Waals surface area (Å²) in [5.41, 5.74) is 0. The highest BCUT2D eigenvalue weighted by Crippen LogP contribution is 2.32. The molecule has 2 bridgehead atoms. The number of hydrogen-bond acceptors (Lipinski definition) is 3. The van der Waals surface area contributed by atoms with Crippen molar-refractivity contribution in [3.05, 3.63) is 29.3 Å². The number of rotatable bonds is 2. The summed E-state index contributed by atoms with van der Waals surface area (Å²) >= 11 is 5.93. The highest BCUT2D eigenvalue weighted by Gasteiger charge is 2.41. The SMILES string of the molecule is CC(=O)N1C[C@@H]2CC[C@H](C1)N(S(=O)(=O)c1cccc(Cl)c1)C2. The van der Waals surface area contributed by atoms with Crippen LogP contribution in [0.5, 0.6) is 0 Å². The number of piperidine rings is 1. The minimum Gasteiger partial charge on any atom is -0.341 e. The first-order valence-electron chi connectivity index (χ1n) is 7.41. The smallest absolute Gasteiger partial charge is 0.243 e. The van der Waals surface area contributed by atoms with Gasteiger partial charge in [-0.15, -0.1) is 0 Å². The number of fused-ring (bicyclic) bond motifs is 4. The van der Waals surface area contributed by atoms with E-state index in [1.807, 2.05) is 0 Å². The van der Waals surface area contributed by atoms with E-state index in [2.05, 4.69) is 0 Å². The first-order chi connectivity index (χ1) is 10.4. The molecule has 2 atom stereocenters. The van der Waals surface area contributed by atoms with Gasteiger partial charge in [-0.1, -0.05) is 17.7 Å². The van der Waals surface area contributed by atoms with E-state index in [1.54, 1.807) is 34.3 Å². The lowest BCUT2D eigenvalue weighted by Gasteiger charge is -2.34. The molecule has 4 rings (SSSR count). The minimum atomic E-state index is -3.58. The van der Waals surface area contributed by atoms with Crippen molar-refractivity contribution in [3.8, 4) is 0 Å². The van der Waals surface area contributed by atoms with Crippen LogP contribution in [-0.2, 0) is 14.8 Å². The lowest BCUT2D eigenvalue weighted by molar-refractivity contribution is -0.129. The highest BCUT2D eigenvalue weighted by atomic mass is 35.5. The van der Waals surface area contributed by atoms with E-state index >= 15 is 0 Å². The Labute approximate surface area is 135 Å². The van der Waals surface area contributed by atoms with Gasteiger partial charge in [0.05, 0.1) is 4.90 Å². The van der Waals surface area contributed by atoms with E-state index in [4.69, 9.17) is 11.6 Å². The summed E-state index contributed by atoms with van der Waals surface area (Å²) in [6.07, 6.45) is 1.77. The topological polar surface area (TPSA) is 57.7 Å². The molecule has 1 aromatic carbocycles. The molecule has 0 aliphatic carbocycles. The van der Waals surface area contributed by atoms with Gasteiger partial charge < -0.3 is 4.90 Å². The Bertz CT molecular complexity index is 692. The van der Waals surface area contributed by atoms with Crippen LogP contribution in [0, 0.1) is 5.92 Å². The Morgan fingerprint density at radius 1 is 1.23 bits per heavy atom. The Hall–Kier alpha value is -1.11. The fourth-order valence-corrected chi connectivity index (χ4v) is 5.38. The molecule has 3 heterocycles. The quantitative estimate of drug-likeness (QED) is 0.825. The van der Waals surface area contributed by atoms with Crippen LogP contribution in [0.15, 0.2) is 29.2 Å². The zero-order valence-electron chi connectivity index (χ0n) is 12.4. The van der Waals surface area contributed by atoms with E-state index in [0.717, 1.165) is 12.8 Å². The molecule has 1 amide bonds. The van der Waals surface area contributed by atoms with E-state index in [9.17, 15) is 13.2 Å². The van der Waals surface area contributed by atoms with Gasteiger partial charge in [0.15, 0.2) is 0 Å². The second-order valence-corrected chi connectivity index (χ2v) is 8.38. The first-order valence-corrected chi connectivity index (χ1v) is 9.22. The molecule has 0 radical (unpaired) electrons. The number of sulfonamides is 1. The second kappa shape index (κ2) is 5.83. The molecule has 120 valence electrons. The Kier molecular flexibility index (Phi) is 4.18. The maximum absolute atomic E-state index is 12.9. The van der Waals surface area contributed by atoms with Crippen LogP contribution in [0.25, 0.3) is 0 Å². The Morgan fingerprint density at radius 3 is 2.68 bits per heavy atom. The lowest BCUT2D eigenvalue weighted by atomic mass is 9.97. The molecule has 3 aliphatic heterocycles. The standard InChI is InChI=1S/C15H19ClN2O3S/c1-11(19)17-8-12-5-6-14(10-17)18(9-12)22(20,21)15-4-2-3-13(16)7-15/h2-4,7,12,14H,5-6,8-10H2,1H3/t12-,14+/m0/s1. The summed E-state index contributed by atoms with van der Waals surface area (Å²) in [5, 5.41) is 0.409. The molecule has 0 unspecified atom stereocenters. The van der Waals surface area contributed by atoms with Gasteiger partial charge in [0, 0.05) is 37.6 Å². The third-order valence-electron chi connectivity index (χ3n) is 4.51. The number of nitrogens with zero attached hydrogens (tertiary/aromatic N) is 2. The van der Waals surface area contributed by atoms with Crippen molar-refractivity contribution < 1.29 is 13.2 Å². The summed E-state index contributed by atoms with van der Waals surface area (Å²) < 4.78 is 27.4. The van der Waals surface area contributed by atoms with Gasteiger partial charge in [0.1, 0.15) is 0 Å². The van der Waals surface area contributed by atoms with Gasteiger partial charge in [0.25, 0.3) is 0 Å². The summed E-state index contributed by atoms with van der Waals surface area (Å²) in [7, 11) is -3.58. The van der Waals surface area contributed by atoms with Crippen LogP contribution < -0.4 is 0 Å². The predicted molar refractivity (Wildman–Crippen MR) is 84.1 cm³/mol. The molecule has 3 fully saturated rings. The molecule has 5 nitrogen and oxygen atoms in total. The molecular formula is C15H19ClN2O3S. The van der Waals surface area contributed by atoms with Gasteiger partial charge >= 0.3 is 0 Å². The number of carbonyl (C=O) groups is 1. The molecule has 22 heavy (non-hydrogen) atoms. The number of halogens is 1. The number of carbonyl (C=O) groups excluding carboxylic acids is 1. The normalized spacial score (nSPS) is 26.0. The Balaban J connectivity index is 1.93. The van der Waals surface area contributed by atoms with Gasteiger partial charge in [-0.2, -0.15) is 4.31 Å². The van der Waals surface area contributed by atoms with Gasteiger partial charge in [-0.05, 0) is 37.0 Å². The van der Waals surface area contributed by atoms with Crippen molar-refractivity contribution in [3.63, 3.8) is 0 Å². The zero-order chi connectivity index (χ0) is 15.9. The third-order valence-corrected chi connectivity index (χ3v) is 6.66. The lowest BCUT2D eigenvalue weighted by Crippen LogP contribution is -2.47. The van der Waals surface area contributed by atoms with Crippen LogP contribution in [-0.4, -0.2) is 49.2 Å². The maximum Gasteiger partial charge on any atom is 0.243 e. The minimum absolute atomic E-state index is 0.0129. The zero-order valence-corrected chi connectivity index (χ0v) is 14.0. The van der Waals surface area contributed by atoms with Crippen molar-refractivity contribution in [2.45, 2.75) is 30.7 Å². The van der Waals surface area contributed by atoms with Crippen molar-refractivity contribution in [2.75, 3.05) is 19.6 Å². The predicted octanol–water partition coefficient (Wildman–Crippen LogP) is 1.97. The van der Waals surface area contributed by atoms with Gasteiger partial charge in [-0.3, -0.25) is 4.79 Å². The van der Waals surface area contributed by atoms with E-state index in [0.29, 0.717) is 24.7 Å². The van der Waals surface area contributed by atoms with E-state index in [1.165, 1.54) is 6.07 Å². The molecule has 3 saturated heterocycles. The molecule has 0 saturated carbocycles. The number of benzene rings is 1. The van der Waals surface area contributed by atoms with Crippen LogP contribution in [0.1, 0.15) is 19.8 Å². The monoisotopic (exact) mass is 342 g/mol. The average molecular weight is 343 g/mol. The van der Waals surface area contributed by atoms with Crippen LogP contribution in [0.3, 0.4) is 0 Å². The second-order valence-electron chi connectivity index (χ2n) is 6.05. The third kappa shape index (κ3) is 2.87. The summed E-state index contributed by atoms with van der Waals surface area (Å²) in [6, 6.07) is 6.21. The van der Waals surface area contributed by atoms with Gasteiger partial charge in [-0.25, -0.2) is 8.42 Å². The van der Waals surface area contributed by atoms with E-state index < -0.39 is 10.0 Å². The van der Waals surface area contributed by atoms with Crippen LogP contribution >= 0.6 is 11.6 Å². The summed E-state index contributed by atoms with van der Waals surface area (Å²) in [4.78, 5) is 13.7. The number of amides is 1. The fraction of sp³-hybridized carbons (Fsp3) is 0.533. The summed E-state index contributed by atoms with van der Waals surface area (Å²) in [6.45, 7) is 3.14. The molecule has 3 aliphatic rings. The van der Waals surface area contributed by atoms with Crippen molar-refractivity contribution in [1.82, 2.24) is 9.21 Å². The summed E-state index contributed by atoms with van der Waals surface area (Å²) in [5.74, 6) is 0.218. The largest absolute Gasteiger partial charge is 0.341 e. The maximum atomic E-state index is 12.9. The van der Waals surface area contributed by atoms with Crippen molar-refractivity contribution >= 4 is 27.5 Å². The van der Waals surface area contributed by atoms with Crippen LogP contribution in [0.4, 0.5) is 0 Å². The van der Waals surface area contributed by atoms with Gasteiger partial charge in [0.2, 0.25) is 15.9 Å². The van der Waals surface area contributed by atoms with Crippen molar-refractivity contribution in [1.29, 1.82) is 0 Å². The molecule has 7 heteroatoms. The van der Waals surface area contributed by atoms with Crippen molar-refractivity contribution in [2.24, 2.45) is 5.92 Å². The average Bonchev–Trinajstić information content (AvgIpc) is 2.79. The molecule has 0 spiro atoms. The van der Waals surface area contributed by atoms with Crippen LogP contribution in [0.2, 0.25) is 5.02 Å². The first kappa shape index (κ1) is 15.8. The molecule has 1 aromatic rings. The van der Waals surface area contributed by atoms with E-state index in [-0.39, 0.29) is 22.8 Å².